The number of halogens is 1. The van der Waals surface area contributed by atoms with Gasteiger partial charge in [0.2, 0.25) is 10.0 Å². The third kappa shape index (κ3) is 7.29. The molecular weight excluding hydrogens is 521 g/mol. The number of rotatable bonds is 9. The van der Waals surface area contributed by atoms with Gasteiger partial charge >= 0.3 is 0 Å². The van der Waals surface area contributed by atoms with Crippen molar-refractivity contribution in [3.63, 3.8) is 0 Å². The average Bonchev–Trinajstić information content (AvgIpc) is 2.75. The van der Waals surface area contributed by atoms with Crippen LogP contribution in [0, 0.1) is 0 Å². The van der Waals surface area contributed by atoms with Crippen LogP contribution >= 0.6 is 24.0 Å². The molecule has 3 N–H and O–H groups in total. The SMILES string of the molecule is CN=C(NCCNS(=O)(=O)c1cccnc1)NC(C)c1cc(OC)ccc1OC.I. The van der Waals surface area contributed by atoms with E-state index in [4.69, 9.17) is 9.47 Å². The van der Waals surface area contributed by atoms with Gasteiger partial charge in [-0.25, -0.2) is 13.1 Å². The zero-order valence-electron chi connectivity index (χ0n) is 17.4. The average molecular weight is 549 g/mol. The van der Waals surface area contributed by atoms with E-state index >= 15 is 0 Å². The van der Waals surface area contributed by atoms with Gasteiger partial charge in [0, 0.05) is 38.1 Å². The molecule has 0 radical (unpaired) electrons. The summed E-state index contributed by atoms with van der Waals surface area (Å²) in [6, 6.07) is 8.51. The summed E-state index contributed by atoms with van der Waals surface area (Å²) in [6.07, 6.45) is 2.83. The molecule has 1 aromatic heterocycles. The second-order valence-electron chi connectivity index (χ2n) is 6.06. The molecule has 0 amide bonds. The molecule has 30 heavy (non-hydrogen) atoms. The summed E-state index contributed by atoms with van der Waals surface area (Å²) in [5.41, 5.74) is 0.909. The van der Waals surface area contributed by atoms with Crippen LogP contribution in [-0.4, -0.2) is 53.7 Å². The van der Waals surface area contributed by atoms with Gasteiger partial charge in [0.1, 0.15) is 16.4 Å². The molecule has 2 rings (SSSR count). The van der Waals surface area contributed by atoms with Gasteiger partial charge < -0.3 is 20.1 Å². The summed E-state index contributed by atoms with van der Waals surface area (Å²) in [7, 11) is 1.27. The van der Waals surface area contributed by atoms with Crippen LogP contribution in [0.5, 0.6) is 11.5 Å². The maximum absolute atomic E-state index is 12.2. The smallest absolute Gasteiger partial charge is 0.242 e. The second-order valence-corrected chi connectivity index (χ2v) is 7.83. The van der Waals surface area contributed by atoms with Crippen molar-refractivity contribution in [3.05, 3.63) is 48.3 Å². The van der Waals surface area contributed by atoms with Crippen LogP contribution in [0.15, 0.2) is 52.6 Å². The number of methoxy groups -OCH3 is 2. The quantitative estimate of drug-likeness (QED) is 0.190. The van der Waals surface area contributed by atoms with Crippen LogP contribution in [-0.2, 0) is 10.0 Å². The third-order valence-corrected chi connectivity index (χ3v) is 5.58. The van der Waals surface area contributed by atoms with E-state index in [1.54, 1.807) is 27.3 Å². The lowest BCUT2D eigenvalue weighted by molar-refractivity contribution is 0.394. The topological polar surface area (TPSA) is 114 Å². The van der Waals surface area contributed by atoms with E-state index in [0.717, 1.165) is 17.1 Å². The van der Waals surface area contributed by atoms with Crippen molar-refractivity contribution in [2.45, 2.75) is 17.9 Å². The minimum absolute atomic E-state index is 0. The fourth-order valence-corrected chi connectivity index (χ4v) is 3.61. The highest BCUT2D eigenvalue weighted by atomic mass is 127. The Morgan fingerprint density at radius 1 is 1.20 bits per heavy atom. The van der Waals surface area contributed by atoms with E-state index < -0.39 is 10.0 Å². The minimum atomic E-state index is -3.59. The van der Waals surface area contributed by atoms with E-state index in [1.807, 2.05) is 25.1 Å². The van der Waals surface area contributed by atoms with Gasteiger partial charge in [-0.15, -0.1) is 24.0 Å². The Morgan fingerprint density at radius 2 is 1.97 bits per heavy atom. The van der Waals surface area contributed by atoms with Gasteiger partial charge in [0.05, 0.1) is 20.3 Å². The molecule has 1 aromatic carbocycles. The molecule has 166 valence electrons. The lowest BCUT2D eigenvalue weighted by atomic mass is 10.1. The number of pyridine rings is 1. The summed E-state index contributed by atoms with van der Waals surface area (Å²) < 4.78 is 37.6. The molecule has 0 aliphatic rings. The minimum Gasteiger partial charge on any atom is -0.497 e. The number of benzene rings is 1. The number of hydrogen-bond acceptors (Lipinski definition) is 6. The van der Waals surface area contributed by atoms with E-state index in [0.29, 0.717) is 12.5 Å². The Hall–Kier alpha value is -2.12. The molecule has 0 aliphatic carbocycles. The lowest BCUT2D eigenvalue weighted by Crippen LogP contribution is -2.42. The molecular formula is C19H28IN5O4S. The van der Waals surface area contributed by atoms with Crippen LogP contribution in [0.2, 0.25) is 0 Å². The molecule has 1 heterocycles. The Morgan fingerprint density at radius 3 is 2.57 bits per heavy atom. The van der Waals surface area contributed by atoms with E-state index in [-0.39, 0.29) is 41.5 Å². The number of nitrogens with one attached hydrogen (secondary N) is 3. The second kappa shape index (κ2) is 12.5. The van der Waals surface area contributed by atoms with Gasteiger partial charge in [-0.2, -0.15) is 0 Å². The molecule has 0 saturated carbocycles. The molecule has 0 fully saturated rings. The molecule has 2 aromatic rings. The molecule has 0 bridgehead atoms. The van der Waals surface area contributed by atoms with Gasteiger partial charge in [-0.3, -0.25) is 9.98 Å². The molecule has 0 spiro atoms. The van der Waals surface area contributed by atoms with Crippen molar-refractivity contribution >= 4 is 40.0 Å². The number of guanidine groups is 1. The summed E-state index contributed by atoms with van der Waals surface area (Å²) in [6.45, 7) is 2.51. The summed E-state index contributed by atoms with van der Waals surface area (Å²) in [5.74, 6) is 1.98. The maximum atomic E-state index is 12.2. The van der Waals surface area contributed by atoms with Crippen molar-refractivity contribution < 1.29 is 17.9 Å². The van der Waals surface area contributed by atoms with Crippen molar-refractivity contribution in [1.82, 2.24) is 20.3 Å². The predicted octanol–water partition coefficient (Wildman–Crippen LogP) is 1.92. The molecule has 11 heteroatoms. The lowest BCUT2D eigenvalue weighted by Gasteiger charge is -2.21. The zero-order valence-corrected chi connectivity index (χ0v) is 20.5. The summed E-state index contributed by atoms with van der Waals surface area (Å²) in [4.78, 5) is 8.13. The summed E-state index contributed by atoms with van der Waals surface area (Å²) >= 11 is 0. The molecule has 9 nitrogen and oxygen atoms in total. The number of nitrogens with zero attached hydrogens (tertiary/aromatic N) is 2. The number of sulfonamides is 1. The van der Waals surface area contributed by atoms with Crippen molar-refractivity contribution in [1.29, 1.82) is 0 Å². The Labute approximate surface area is 194 Å². The highest BCUT2D eigenvalue weighted by molar-refractivity contribution is 14.0. The first-order valence-electron chi connectivity index (χ1n) is 9.00. The largest absolute Gasteiger partial charge is 0.497 e. The number of aliphatic imine (C=N–C) groups is 1. The first kappa shape index (κ1) is 25.9. The first-order chi connectivity index (χ1) is 13.9. The fourth-order valence-electron chi connectivity index (χ4n) is 2.61. The normalized spacial score (nSPS) is 12.5. The number of hydrogen-bond donors (Lipinski definition) is 3. The molecule has 1 unspecified atom stereocenters. The fraction of sp³-hybridized carbons (Fsp3) is 0.368. The van der Waals surface area contributed by atoms with E-state index in [1.165, 1.54) is 18.5 Å². The van der Waals surface area contributed by atoms with E-state index in [9.17, 15) is 8.42 Å². The molecule has 1 atom stereocenters. The molecule has 0 saturated heterocycles. The molecule has 0 aliphatic heterocycles. The van der Waals surface area contributed by atoms with Gasteiger partial charge in [-0.05, 0) is 37.3 Å². The Kier molecular flexibility index (Phi) is 10.8. The first-order valence-corrected chi connectivity index (χ1v) is 10.5. The Bertz CT molecular complexity index is 926. The van der Waals surface area contributed by atoms with Gasteiger partial charge in [0.15, 0.2) is 5.96 Å². The van der Waals surface area contributed by atoms with Crippen LogP contribution in [0.4, 0.5) is 0 Å². The maximum Gasteiger partial charge on any atom is 0.242 e. The van der Waals surface area contributed by atoms with E-state index in [2.05, 4.69) is 25.3 Å². The Balaban J connectivity index is 0.00000450. The highest BCUT2D eigenvalue weighted by Crippen LogP contribution is 2.29. The third-order valence-electron chi connectivity index (χ3n) is 4.13. The summed E-state index contributed by atoms with van der Waals surface area (Å²) in [5, 5.41) is 6.34. The van der Waals surface area contributed by atoms with Crippen molar-refractivity contribution in [2.24, 2.45) is 4.99 Å². The highest BCUT2D eigenvalue weighted by Gasteiger charge is 2.15. The number of aromatic nitrogens is 1. The van der Waals surface area contributed by atoms with Crippen molar-refractivity contribution in [3.8, 4) is 11.5 Å². The van der Waals surface area contributed by atoms with Crippen molar-refractivity contribution in [2.75, 3.05) is 34.4 Å². The predicted molar refractivity (Wildman–Crippen MR) is 127 cm³/mol. The van der Waals surface area contributed by atoms with Crippen LogP contribution in [0.1, 0.15) is 18.5 Å². The number of ether oxygens (including phenoxy) is 2. The monoisotopic (exact) mass is 549 g/mol. The van der Waals surface area contributed by atoms with Crippen LogP contribution < -0.4 is 24.8 Å². The van der Waals surface area contributed by atoms with Crippen LogP contribution in [0.3, 0.4) is 0 Å². The van der Waals surface area contributed by atoms with Crippen LogP contribution in [0.25, 0.3) is 0 Å². The van der Waals surface area contributed by atoms with Gasteiger partial charge in [-0.1, -0.05) is 0 Å². The van der Waals surface area contributed by atoms with Gasteiger partial charge in [0.25, 0.3) is 0 Å². The standard InChI is InChI=1S/C19H27N5O4S.HI/c1-14(17-12-15(27-3)7-8-18(17)28-4)24-19(20-2)22-10-11-23-29(25,26)16-6-5-9-21-13-16;/h5-9,12-14,23H,10-11H2,1-4H3,(H2,20,22,24);1H. The zero-order chi connectivity index (χ0) is 21.3.